The summed E-state index contributed by atoms with van der Waals surface area (Å²) in [6.45, 7) is 8.73. The van der Waals surface area contributed by atoms with Crippen molar-refractivity contribution in [2.24, 2.45) is 0 Å². The minimum atomic E-state index is -0.570. The van der Waals surface area contributed by atoms with Crippen LogP contribution >= 0.6 is 15.9 Å². The number of nitrogens with one attached hydrogen (secondary N) is 1. The first-order chi connectivity index (χ1) is 10.6. The predicted octanol–water partition coefficient (Wildman–Crippen LogP) is 2.81. The topological polar surface area (TPSA) is 68.5 Å². The number of nitrogens with zero attached hydrogens (tertiary/aromatic N) is 3. The SMILES string of the molecule is [C-]#[N+][C@@H](C)NC(=O)c1ccc(COc2cccc(Br)n2)cn1. The highest BCUT2D eigenvalue weighted by Gasteiger charge is 2.12. The Labute approximate surface area is 136 Å². The van der Waals surface area contributed by atoms with Crippen LogP contribution in [0.4, 0.5) is 0 Å². The molecule has 0 saturated carbocycles. The fraction of sp³-hybridized carbons (Fsp3) is 0.200. The maximum atomic E-state index is 11.8. The van der Waals surface area contributed by atoms with Crippen molar-refractivity contribution >= 4 is 21.8 Å². The summed E-state index contributed by atoms with van der Waals surface area (Å²) >= 11 is 3.27. The van der Waals surface area contributed by atoms with Gasteiger partial charge in [-0.25, -0.2) is 11.6 Å². The lowest BCUT2D eigenvalue weighted by atomic mass is 10.2. The Balaban J connectivity index is 1.94. The molecule has 0 aliphatic heterocycles. The predicted molar refractivity (Wildman–Crippen MR) is 84.0 cm³/mol. The molecule has 2 aromatic heterocycles. The summed E-state index contributed by atoms with van der Waals surface area (Å²) in [6, 6.07) is 8.75. The van der Waals surface area contributed by atoms with E-state index >= 15 is 0 Å². The molecule has 0 aromatic carbocycles. The fourth-order valence-electron chi connectivity index (χ4n) is 1.57. The Morgan fingerprint density at radius 2 is 2.27 bits per heavy atom. The second-order valence-electron chi connectivity index (χ2n) is 4.42. The molecule has 0 bridgehead atoms. The summed E-state index contributed by atoms with van der Waals surface area (Å²) in [4.78, 5) is 23.2. The van der Waals surface area contributed by atoms with Crippen molar-refractivity contribution in [1.29, 1.82) is 0 Å². The third-order valence-electron chi connectivity index (χ3n) is 2.67. The van der Waals surface area contributed by atoms with Crippen molar-refractivity contribution in [1.82, 2.24) is 15.3 Å². The van der Waals surface area contributed by atoms with E-state index in [0.29, 0.717) is 17.1 Å². The molecule has 0 aliphatic rings. The second kappa shape index (κ2) is 7.52. The standard InChI is InChI=1S/C15H13BrN4O2/c1-10(17-2)19-15(21)12-7-6-11(8-18-12)9-22-14-5-3-4-13(16)20-14/h3-8,10H,9H2,1H3,(H,19,21)/t10-/m1/s1. The Morgan fingerprint density at radius 1 is 1.45 bits per heavy atom. The van der Waals surface area contributed by atoms with E-state index < -0.39 is 6.17 Å². The van der Waals surface area contributed by atoms with Crippen LogP contribution < -0.4 is 10.1 Å². The maximum Gasteiger partial charge on any atom is 0.295 e. The smallest absolute Gasteiger partial charge is 0.295 e. The van der Waals surface area contributed by atoms with Gasteiger partial charge in [-0.3, -0.25) is 19.9 Å². The molecule has 1 amide bonds. The minimum absolute atomic E-state index is 0.264. The second-order valence-corrected chi connectivity index (χ2v) is 5.23. The zero-order chi connectivity index (χ0) is 15.9. The van der Waals surface area contributed by atoms with Crippen molar-refractivity contribution in [2.75, 3.05) is 0 Å². The maximum absolute atomic E-state index is 11.8. The Morgan fingerprint density at radius 3 is 2.91 bits per heavy atom. The molecule has 7 heteroatoms. The van der Waals surface area contributed by atoms with Gasteiger partial charge in [0.2, 0.25) is 5.88 Å². The molecule has 0 aliphatic carbocycles. The molecule has 2 heterocycles. The number of pyridine rings is 2. The normalized spacial score (nSPS) is 11.3. The summed E-state index contributed by atoms with van der Waals surface area (Å²) in [5, 5.41) is 2.53. The summed E-state index contributed by atoms with van der Waals surface area (Å²) < 4.78 is 6.23. The molecule has 0 fully saturated rings. The summed E-state index contributed by atoms with van der Waals surface area (Å²) in [7, 11) is 0. The van der Waals surface area contributed by atoms with Crippen molar-refractivity contribution in [3.05, 3.63) is 63.8 Å². The Bertz CT molecular complexity index is 697. The molecule has 2 rings (SSSR count). The molecule has 6 nitrogen and oxygen atoms in total. The van der Waals surface area contributed by atoms with Gasteiger partial charge in [-0.15, -0.1) is 0 Å². The van der Waals surface area contributed by atoms with Crippen LogP contribution in [0.15, 0.2) is 41.1 Å². The number of halogens is 1. The molecule has 112 valence electrons. The van der Waals surface area contributed by atoms with E-state index in [1.807, 2.05) is 12.1 Å². The van der Waals surface area contributed by atoms with Crippen LogP contribution in [0.3, 0.4) is 0 Å². The van der Waals surface area contributed by atoms with Gasteiger partial charge in [0.25, 0.3) is 12.1 Å². The minimum Gasteiger partial charge on any atom is -0.473 e. The highest BCUT2D eigenvalue weighted by atomic mass is 79.9. The zero-order valence-corrected chi connectivity index (χ0v) is 13.4. The van der Waals surface area contributed by atoms with Gasteiger partial charge in [-0.1, -0.05) is 12.1 Å². The number of hydrogen-bond donors (Lipinski definition) is 1. The number of amides is 1. The molecule has 1 N–H and O–H groups in total. The average Bonchev–Trinajstić information content (AvgIpc) is 2.53. The first kappa shape index (κ1) is 15.9. The van der Waals surface area contributed by atoms with Gasteiger partial charge < -0.3 is 4.74 Å². The molecule has 2 aromatic rings. The van der Waals surface area contributed by atoms with Crippen molar-refractivity contribution < 1.29 is 9.53 Å². The van der Waals surface area contributed by atoms with E-state index in [1.54, 1.807) is 31.3 Å². The van der Waals surface area contributed by atoms with Crippen LogP contribution in [-0.2, 0) is 6.61 Å². The lowest BCUT2D eigenvalue weighted by Gasteiger charge is -2.06. The summed E-state index contributed by atoms with van der Waals surface area (Å²) in [5.74, 6) is 0.131. The highest BCUT2D eigenvalue weighted by Crippen LogP contribution is 2.13. The van der Waals surface area contributed by atoms with Gasteiger partial charge in [0.15, 0.2) is 0 Å². The van der Waals surface area contributed by atoms with Crippen LogP contribution in [0.1, 0.15) is 23.0 Å². The molecule has 0 spiro atoms. The quantitative estimate of drug-likeness (QED) is 0.657. The van der Waals surface area contributed by atoms with E-state index in [-0.39, 0.29) is 11.6 Å². The van der Waals surface area contributed by atoms with E-state index in [0.717, 1.165) is 5.56 Å². The van der Waals surface area contributed by atoms with Crippen LogP contribution in [-0.4, -0.2) is 22.0 Å². The van der Waals surface area contributed by atoms with E-state index in [9.17, 15) is 4.79 Å². The van der Waals surface area contributed by atoms with Crippen LogP contribution in [0.5, 0.6) is 5.88 Å². The van der Waals surface area contributed by atoms with Gasteiger partial charge in [-0.2, -0.15) is 0 Å². The average molecular weight is 361 g/mol. The number of hydrogen-bond acceptors (Lipinski definition) is 4. The Hall–Kier alpha value is -2.46. The van der Waals surface area contributed by atoms with E-state index in [1.165, 1.54) is 0 Å². The van der Waals surface area contributed by atoms with Crippen molar-refractivity contribution in [3.8, 4) is 5.88 Å². The van der Waals surface area contributed by atoms with Gasteiger partial charge in [0, 0.05) is 24.8 Å². The van der Waals surface area contributed by atoms with E-state index in [4.69, 9.17) is 11.3 Å². The van der Waals surface area contributed by atoms with E-state index in [2.05, 4.69) is 36.1 Å². The number of carbonyl (C=O) groups excluding carboxylic acids is 1. The van der Waals surface area contributed by atoms with Gasteiger partial charge >= 0.3 is 0 Å². The van der Waals surface area contributed by atoms with Crippen LogP contribution in [0.2, 0.25) is 0 Å². The van der Waals surface area contributed by atoms with Gasteiger partial charge in [-0.05, 0) is 28.1 Å². The first-order valence-electron chi connectivity index (χ1n) is 6.46. The first-order valence-corrected chi connectivity index (χ1v) is 7.25. The highest BCUT2D eigenvalue weighted by molar-refractivity contribution is 9.10. The molecular formula is C15H13BrN4O2. The molecule has 0 radical (unpaired) electrons. The van der Waals surface area contributed by atoms with Crippen molar-refractivity contribution in [2.45, 2.75) is 19.7 Å². The zero-order valence-electron chi connectivity index (χ0n) is 11.8. The summed E-state index contributed by atoms with van der Waals surface area (Å²) in [6.07, 6.45) is 0.995. The summed E-state index contributed by atoms with van der Waals surface area (Å²) in [5.41, 5.74) is 1.08. The monoisotopic (exact) mass is 360 g/mol. The third-order valence-corrected chi connectivity index (χ3v) is 3.11. The molecule has 0 saturated heterocycles. The van der Waals surface area contributed by atoms with Crippen LogP contribution in [0, 0.1) is 6.57 Å². The number of ether oxygens (including phenoxy) is 1. The molecule has 22 heavy (non-hydrogen) atoms. The Kier molecular flexibility index (Phi) is 5.44. The fourth-order valence-corrected chi connectivity index (χ4v) is 1.89. The number of rotatable bonds is 5. The third kappa shape index (κ3) is 4.53. The molecule has 0 unspecified atom stereocenters. The number of aromatic nitrogens is 2. The lowest BCUT2D eigenvalue weighted by molar-refractivity contribution is 0.0941. The molecule has 1 atom stereocenters. The lowest BCUT2D eigenvalue weighted by Crippen LogP contribution is -2.30. The van der Waals surface area contributed by atoms with Crippen molar-refractivity contribution in [3.63, 3.8) is 0 Å². The number of carbonyl (C=O) groups is 1. The molecular weight excluding hydrogens is 348 g/mol. The van der Waals surface area contributed by atoms with Crippen LogP contribution in [0.25, 0.3) is 4.85 Å². The largest absolute Gasteiger partial charge is 0.473 e. The van der Waals surface area contributed by atoms with Gasteiger partial charge in [0.1, 0.15) is 16.9 Å². The van der Waals surface area contributed by atoms with Gasteiger partial charge in [0.05, 0.1) is 0 Å².